The minimum Gasteiger partial charge on any atom is -0.462 e. The minimum atomic E-state index is -0.461. The van der Waals surface area contributed by atoms with E-state index in [-0.39, 0.29) is 23.7 Å². The van der Waals surface area contributed by atoms with Crippen LogP contribution in [0.5, 0.6) is 0 Å². The van der Waals surface area contributed by atoms with Crippen LogP contribution in [-0.2, 0) is 14.3 Å². The molecule has 1 unspecified atom stereocenters. The predicted octanol–water partition coefficient (Wildman–Crippen LogP) is 6.06. The van der Waals surface area contributed by atoms with Crippen molar-refractivity contribution in [2.75, 3.05) is 17.2 Å². The molecule has 0 aliphatic carbocycles. The Hall–Kier alpha value is -3.10. The maximum Gasteiger partial charge on any atom is 0.341 e. The first-order valence-electron chi connectivity index (χ1n) is 10.6. The van der Waals surface area contributed by atoms with Crippen LogP contribution in [0.15, 0.2) is 64.9 Å². The first-order chi connectivity index (χ1) is 15.9. The van der Waals surface area contributed by atoms with Crippen molar-refractivity contribution in [3.63, 3.8) is 0 Å². The number of rotatable bonds is 9. The highest BCUT2D eigenvalue weighted by Gasteiger charge is 2.25. The van der Waals surface area contributed by atoms with Crippen molar-refractivity contribution in [1.82, 2.24) is 0 Å². The summed E-state index contributed by atoms with van der Waals surface area (Å²) < 4.78 is 5.27. The molecule has 2 N–H and O–H groups in total. The Morgan fingerprint density at radius 2 is 1.79 bits per heavy atom. The third-order valence-electron chi connectivity index (χ3n) is 4.69. The van der Waals surface area contributed by atoms with Crippen LogP contribution < -0.4 is 10.6 Å². The molecule has 8 heteroatoms. The molecule has 0 spiro atoms. The normalized spacial score (nSPS) is 11.5. The number of carbonyl (C=O) groups excluding carboxylic acids is 3. The van der Waals surface area contributed by atoms with E-state index in [0.29, 0.717) is 22.7 Å². The van der Waals surface area contributed by atoms with Gasteiger partial charge in [-0.3, -0.25) is 9.59 Å². The molecule has 0 bridgehead atoms. The average Bonchev–Trinajstić information content (AvgIpc) is 3.21. The number of nitrogens with one attached hydrogen (secondary N) is 2. The highest BCUT2D eigenvalue weighted by Crippen LogP contribution is 2.37. The van der Waals surface area contributed by atoms with Gasteiger partial charge in [-0.15, -0.1) is 23.1 Å². The Balaban J connectivity index is 1.83. The lowest BCUT2D eigenvalue weighted by molar-refractivity contribution is -0.116. The number of hydrogen-bond donors (Lipinski definition) is 2. The molecule has 0 saturated carbocycles. The van der Waals surface area contributed by atoms with E-state index in [0.717, 1.165) is 16.0 Å². The monoisotopic (exact) mass is 482 g/mol. The molecule has 33 heavy (non-hydrogen) atoms. The summed E-state index contributed by atoms with van der Waals surface area (Å²) in [6.07, 6.45) is 0.590. The molecule has 0 fully saturated rings. The fourth-order valence-electron chi connectivity index (χ4n) is 3.22. The molecule has 3 rings (SSSR count). The van der Waals surface area contributed by atoms with Gasteiger partial charge in [-0.05, 0) is 37.1 Å². The van der Waals surface area contributed by atoms with E-state index in [1.165, 1.54) is 30.0 Å². The molecule has 0 saturated heterocycles. The number of ether oxygens (including phenoxy) is 1. The van der Waals surface area contributed by atoms with Crippen molar-refractivity contribution < 1.29 is 19.1 Å². The first kappa shape index (κ1) is 24.5. The van der Waals surface area contributed by atoms with Gasteiger partial charge in [0.05, 0.1) is 11.9 Å². The lowest BCUT2D eigenvalue weighted by Crippen LogP contribution is -2.25. The van der Waals surface area contributed by atoms with E-state index >= 15 is 0 Å². The summed E-state index contributed by atoms with van der Waals surface area (Å²) >= 11 is 2.72. The quantitative estimate of drug-likeness (QED) is 0.286. The summed E-state index contributed by atoms with van der Waals surface area (Å²) in [5.74, 6) is -0.809. The Labute approximate surface area is 201 Å². The summed E-state index contributed by atoms with van der Waals surface area (Å²) in [6, 6.07) is 16.9. The standard InChI is InChI=1S/C25H26N2O4S2/c1-4-21(33-19-13-9-12-18(14-19)26-16(3)28)23(29)27-24-22(25(30)31-5-2)20(15-32-24)17-10-7-6-8-11-17/h6-15,21H,4-5H2,1-3H3,(H,26,28)(H,27,29). The van der Waals surface area contributed by atoms with Gasteiger partial charge in [-0.2, -0.15) is 0 Å². The van der Waals surface area contributed by atoms with E-state index < -0.39 is 5.97 Å². The maximum absolute atomic E-state index is 13.1. The van der Waals surface area contributed by atoms with Crippen LogP contribution in [0.25, 0.3) is 11.1 Å². The Kier molecular flexibility index (Phi) is 8.68. The van der Waals surface area contributed by atoms with Crippen LogP contribution in [0.1, 0.15) is 37.6 Å². The van der Waals surface area contributed by atoms with Crippen LogP contribution >= 0.6 is 23.1 Å². The lowest BCUT2D eigenvalue weighted by atomic mass is 10.0. The predicted molar refractivity (Wildman–Crippen MR) is 135 cm³/mol. The summed E-state index contributed by atoms with van der Waals surface area (Å²) in [6.45, 7) is 5.39. The molecular formula is C25H26N2O4S2. The van der Waals surface area contributed by atoms with Crippen LogP contribution in [0.3, 0.4) is 0 Å². The molecule has 1 atom stereocenters. The third kappa shape index (κ3) is 6.46. The summed E-state index contributed by atoms with van der Waals surface area (Å²) in [4.78, 5) is 38.1. The van der Waals surface area contributed by atoms with E-state index in [4.69, 9.17) is 4.74 Å². The number of carbonyl (C=O) groups is 3. The molecule has 6 nitrogen and oxygen atoms in total. The van der Waals surface area contributed by atoms with Crippen LogP contribution in [0.2, 0.25) is 0 Å². The van der Waals surface area contributed by atoms with Gasteiger partial charge >= 0.3 is 5.97 Å². The number of thioether (sulfide) groups is 1. The number of esters is 1. The topological polar surface area (TPSA) is 84.5 Å². The van der Waals surface area contributed by atoms with Crippen molar-refractivity contribution in [3.8, 4) is 11.1 Å². The molecule has 1 heterocycles. The molecule has 0 radical (unpaired) electrons. The fraction of sp³-hybridized carbons (Fsp3) is 0.240. The first-order valence-corrected chi connectivity index (χ1v) is 12.4. The second kappa shape index (κ2) is 11.7. The summed E-state index contributed by atoms with van der Waals surface area (Å²) in [5.41, 5.74) is 2.67. The Morgan fingerprint density at radius 1 is 1.03 bits per heavy atom. The molecule has 3 aromatic rings. The minimum absolute atomic E-state index is 0.152. The molecule has 0 aliphatic rings. The summed E-state index contributed by atoms with van der Waals surface area (Å²) in [7, 11) is 0. The fourth-order valence-corrected chi connectivity index (χ4v) is 5.19. The SMILES string of the molecule is CCOC(=O)c1c(-c2ccccc2)csc1NC(=O)C(CC)Sc1cccc(NC(C)=O)c1. The largest absolute Gasteiger partial charge is 0.462 e. The van der Waals surface area contributed by atoms with E-state index in [2.05, 4.69) is 10.6 Å². The Morgan fingerprint density at radius 3 is 2.45 bits per heavy atom. The van der Waals surface area contributed by atoms with Crippen molar-refractivity contribution >= 4 is 51.6 Å². The number of thiophene rings is 1. The number of hydrogen-bond acceptors (Lipinski definition) is 6. The molecule has 2 aromatic carbocycles. The zero-order valence-corrected chi connectivity index (χ0v) is 20.3. The van der Waals surface area contributed by atoms with Crippen molar-refractivity contribution in [2.24, 2.45) is 0 Å². The zero-order valence-electron chi connectivity index (χ0n) is 18.7. The maximum atomic E-state index is 13.1. The van der Waals surface area contributed by atoms with E-state index in [1.807, 2.05) is 60.8 Å². The number of anilines is 2. The average molecular weight is 483 g/mol. The van der Waals surface area contributed by atoms with Gasteiger partial charge in [0.2, 0.25) is 11.8 Å². The Bertz CT molecular complexity index is 1130. The molecule has 1 aromatic heterocycles. The second-order valence-electron chi connectivity index (χ2n) is 7.15. The van der Waals surface area contributed by atoms with Gasteiger partial charge in [0.1, 0.15) is 10.6 Å². The van der Waals surface area contributed by atoms with E-state index in [1.54, 1.807) is 13.0 Å². The molecule has 0 aliphatic heterocycles. The van der Waals surface area contributed by atoms with Gasteiger partial charge in [0.15, 0.2) is 0 Å². The highest BCUT2D eigenvalue weighted by atomic mass is 32.2. The zero-order chi connectivity index (χ0) is 23.8. The number of benzene rings is 2. The van der Waals surface area contributed by atoms with Crippen molar-refractivity contribution in [1.29, 1.82) is 0 Å². The van der Waals surface area contributed by atoms with Crippen LogP contribution in [0, 0.1) is 0 Å². The van der Waals surface area contributed by atoms with E-state index in [9.17, 15) is 14.4 Å². The highest BCUT2D eigenvalue weighted by molar-refractivity contribution is 8.00. The molecule has 172 valence electrons. The van der Waals surface area contributed by atoms with Crippen LogP contribution in [-0.4, -0.2) is 29.6 Å². The van der Waals surface area contributed by atoms with Crippen molar-refractivity contribution in [2.45, 2.75) is 37.3 Å². The van der Waals surface area contributed by atoms with Gasteiger partial charge < -0.3 is 15.4 Å². The number of amides is 2. The molecular weight excluding hydrogens is 456 g/mol. The van der Waals surface area contributed by atoms with Gasteiger partial charge in [0.25, 0.3) is 0 Å². The molecule has 2 amide bonds. The van der Waals surface area contributed by atoms with Gasteiger partial charge in [-0.25, -0.2) is 4.79 Å². The lowest BCUT2D eigenvalue weighted by Gasteiger charge is -2.16. The van der Waals surface area contributed by atoms with Gasteiger partial charge in [-0.1, -0.05) is 43.3 Å². The smallest absolute Gasteiger partial charge is 0.341 e. The second-order valence-corrected chi connectivity index (χ2v) is 9.31. The van der Waals surface area contributed by atoms with Crippen molar-refractivity contribution in [3.05, 3.63) is 65.5 Å². The summed E-state index contributed by atoms with van der Waals surface area (Å²) in [5, 5.41) is 7.66. The third-order valence-corrected chi connectivity index (χ3v) is 6.94. The van der Waals surface area contributed by atoms with Gasteiger partial charge in [0, 0.05) is 28.5 Å². The van der Waals surface area contributed by atoms with Crippen LogP contribution in [0.4, 0.5) is 10.7 Å².